The zero-order valence-electron chi connectivity index (χ0n) is 16.0. The van der Waals surface area contributed by atoms with E-state index in [9.17, 15) is 23.1 Å². The molecule has 0 saturated heterocycles. The summed E-state index contributed by atoms with van der Waals surface area (Å²) in [5.41, 5.74) is 2.55. The van der Waals surface area contributed by atoms with Crippen molar-refractivity contribution in [3.63, 3.8) is 0 Å². The molecule has 0 aliphatic heterocycles. The predicted molar refractivity (Wildman–Crippen MR) is 112 cm³/mol. The minimum atomic E-state index is -4.69. The van der Waals surface area contributed by atoms with Gasteiger partial charge in [0.2, 0.25) is 0 Å². The normalized spacial score (nSPS) is 11.5. The van der Waals surface area contributed by atoms with Gasteiger partial charge < -0.3 is 10.4 Å². The molecular formula is C21H16ClF3N4O2. The molecule has 6 nitrogen and oxygen atoms in total. The van der Waals surface area contributed by atoms with Crippen LogP contribution in [-0.2, 0) is 6.18 Å². The summed E-state index contributed by atoms with van der Waals surface area (Å²) in [4.78, 5) is 16.1. The van der Waals surface area contributed by atoms with Gasteiger partial charge in [0.25, 0.3) is 5.91 Å². The van der Waals surface area contributed by atoms with Crippen molar-refractivity contribution in [1.29, 1.82) is 0 Å². The summed E-state index contributed by atoms with van der Waals surface area (Å²) in [5, 5.41) is 16.4. The van der Waals surface area contributed by atoms with Crippen LogP contribution in [0.25, 0.3) is 0 Å². The Morgan fingerprint density at radius 3 is 2.61 bits per heavy atom. The highest BCUT2D eigenvalue weighted by Crippen LogP contribution is 2.31. The van der Waals surface area contributed by atoms with Crippen LogP contribution in [0.2, 0.25) is 5.02 Å². The Labute approximate surface area is 180 Å². The van der Waals surface area contributed by atoms with Crippen molar-refractivity contribution in [2.45, 2.75) is 13.1 Å². The van der Waals surface area contributed by atoms with E-state index in [1.165, 1.54) is 18.3 Å². The second-order valence-electron chi connectivity index (χ2n) is 6.47. The summed E-state index contributed by atoms with van der Waals surface area (Å²) >= 11 is 5.92. The number of hydrogen-bond donors (Lipinski definition) is 3. The molecule has 1 aromatic heterocycles. The number of phenolic OH excluding ortho intramolecular Hbond substituents is 1. The van der Waals surface area contributed by atoms with Gasteiger partial charge in [0.05, 0.1) is 11.8 Å². The number of amides is 1. The summed E-state index contributed by atoms with van der Waals surface area (Å²) in [7, 11) is 0. The number of halogens is 4. The third-order valence-corrected chi connectivity index (χ3v) is 4.36. The number of aromatic hydroxyl groups is 1. The lowest BCUT2D eigenvalue weighted by Gasteiger charge is -2.15. The van der Waals surface area contributed by atoms with Crippen molar-refractivity contribution in [2.24, 2.45) is 5.10 Å². The number of anilines is 2. The van der Waals surface area contributed by atoms with Crippen LogP contribution in [0.3, 0.4) is 0 Å². The molecule has 3 N–H and O–H groups in total. The number of nitrogens with zero attached hydrogens (tertiary/aromatic N) is 2. The summed E-state index contributed by atoms with van der Waals surface area (Å²) in [5.74, 6) is -1.04. The highest BCUT2D eigenvalue weighted by atomic mass is 35.5. The first-order valence-corrected chi connectivity index (χ1v) is 9.25. The lowest BCUT2D eigenvalue weighted by molar-refractivity contribution is -0.141. The van der Waals surface area contributed by atoms with Gasteiger partial charge in [-0.1, -0.05) is 23.7 Å². The van der Waals surface area contributed by atoms with Crippen molar-refractivity contribution in [3.05, 3.63) is 82.0 Å². The maximum atomic E-state index is 13.1. The first-order valence-electron chi connectivity index (χ1n) is 8.87. The van der Waals surface area contributed by atoms with E-state index in [0.29, 0.717) is 27.9 Å². The van der Waals surface area contributed by atoms with Crippen molar-refractivity contribution in [1.82, 2.24) is 10.4 Å². The van der Waals surface area contributed by atoms with E-state index >= 15 is 0 Å². The van der Waals surface area contributed by atoms with Gasteiger partial charge in [0.15, 0.2) is 0 Å². The van der Waals surface area contributed by atoms with Gasteiger partial charge in [-0.15, -0.1) is 0 Å². The Bertz CT molecular complexity index is 1150. The number of benzene rings is 2. The summed E-state index contributed by atoms with van der Waals surface area (Å²) in [6.45, 7) is 1.71. The molecule has 0 bridgehead atoms. The number of hydrogen-bond acceptors (Lipinski definition) is 5. The number of alkyl halides is 3. The number of aryl methyl sites for hydroxylation is 1. The van der Waals surface area contributed by atoms with Crippen LogP contribution in [0, 0.1) is 6.92 Å². The lowest BCUT2D eigenvalue weighted by atomic mass is 10.1. The van der Waals surface area contributed by atoms with E-state index in [4.69, 9.17) is 11.6 Å². The third kappa shape index (κ3) is 5.73. The number of nitrogens with one attached hydrogen (secondary N) is 2. The molecule has 0 aliphatic carbocycles. The van der Waals surface area contributed by atoms with Gasteiger partial charge in [-0.05, 0) is 60.5 Å². The third-order valence-electron chi connectivity index (χ3n) is 4.12. The van der Waals surface area contributed by atoms with Crippen LogP contribution in [0.1, 0.15) is 27.2 Å². The number of hydrazone groups is 1. The average Bonchev–Trinajstić information content (AvgIpc) is 2.69. The Hall–Kier alpha value is -3.59. The smallest absolute Gasteiger partial charge is 0.433 e. The van der Waals surface area contributed by atoms with Crippen LogP contribution >= 0.6 is 11.6 Å². The molecule has 2 aromatic carbocycles. The fourth-order valence-corrected chi connectivity index (χ4v) is 2.85. The molecule has 3 aromatic rings. The monoisotopic (exact) mass is 448 g/mol. The molecule has 1 heterocycles. The molecule has 0 fully saturated rings. The van der Waals surface area contributed by atoms with Crippen LogP contribution in [-0.4, -0.2) is 22.2 Å². The van der Waals surface area contributed by atoms with E-state index in [-0.39, 0.29) is 17.1 Å². The Morgan fingerprint density at radius 1 is 1.16 bits per heavy atom. The predicted octanol–water partition coefficient (Wildman–Crippen LogP) is 5.28. The van der Waals surface area contributed by atoms with Gasteiger partial charge in [0.1, 0.15) is 17.3 Å². The topological polar surface area (TPSA) is 86.6 Å². The van der Waals surface area contributed by atoms with E-state index < -0.39 is 17.8 Å². The van der Waals surface area contributed by atoms with Gasteiger partial charge in [-0.25, -0.2) is 10.4 Å². The maximum absolute atomic E-state index is 13.1. The summed E-state index contributed by atoms with van der Waals surface area (Å²) in [6, 6.07) is 12.6. The molecule has 0 aliphatic rings. The molecule has 10 heteroatoms. The largest absolute Gasteiger partial charge is 0.508 e. The van der Waals surface area contributed by atoms with Crippen molar-refractivity contribution in [3.8, 4) is 5.75 Å². The SMILES string of the molecule is Cc1cc(Cl)ccc1Nc1nc(C(F)(F)F)ccc1C(=O)N/N=C/c1cccc(O)c1. The van der Waals surface area contributed by atoms with Crippen molar-refractivity contribution in [2.75, 3.05) is 5.32 Å². The van der Waals surface area contributed by atoms with Gasteiger partial charge >= 0.3 is 6.18 Å². The minimum Gasteiger partial charge on any atom is -0.508 e. The molecule has 0 unspecified atom stereocenters. The second-order valence-corrected chi connectivity index (χ2v) is 6.91. The highest BCUT2D eigenvalue weighted by Gasteiger charge is 2.33. The number of aromatic nitrogens is 1. The van der Waals surface area contributed by atoms with Crippen LogP contribution < -0.4 is 10.7 Å². The number of rotatable bonds is 5. The van der Waals surface area contributed by atoms with Gasteiger partial charge in [-0.3, -0.25) is 4.79 Å². The van der Waals surface area contributed by atoms with Gasteiger partial charge in [0, 0.05) is 10.7 Å². The molecule has 160 valence electrons. The number of carbonyl (C=O) groups excluding carboxylic acids is 1. The fourth-order valence-electron chi connectivity index (χ4n) is 2.62. The molecule has 1 amide bonds. The minimum absolute atomic E-state index is 0.0204. The summed E-state index contributed by atoms with van der Waals surface area (Å²) in [6.07, 6.45) is -3.40. The molecule has 0 atom stereocenters. The van der Waals surface area contributed by atoms with Crippen LogP contribution in [0.4, 0.5) is 24.7 Å². The standard InChI is InChI=1S/C21H16ClF3N4O2/c1-12-9-14(22)5-7-17(12)27-19-16(6-8-18(28-19)21(23,24)25)20(31)29-26-11-13-3-2-4-15(30)10-13/h2-11,30H,1H3,(H,27,28)(H,29,31)/b26-11+. The first-order chi connectivity index (χ1) is 14.6. The van der Waals surface area contributed by atoms with E-state index in [2.05, 4.69) is 20.8 Å². The van der Waals surface area contributed by atoms with Gasteiger partial charge in [-0.2, -0.15) is 18.3 Å². The van der Waals surface area contributed by atoms with Crippen LogP contribution in [0.15, 0.2) is 59.7 Å². The number of pyridine rings is 1. The number of carbonyl (C=O) groups is 1. The molecule has 0 radical (unpaired) electrons. The van der Waals surface area contributed by atoms with Crippen LogP contribution in [0.5, 0.6) is 5.75 Å². The Kier molecular flexibility index (Phi) is 6.45. The zero-order chi connectivity index (χ0) is 22.6. The molecule has 3 rings (SSSR count). The zero-order valence-corrected chi connectivity index (χ0v) is 16.8. The summed E-state index contributed by atoms with van der Waals surface area (Å²) < 4.78 is 39.4. The average molecular weight is 449 g/mol. The number of phenols is 1. The molecule has 0 spiro atoms. The highest BCUT2D eigenvalue weighted by molar-refractivity contribution is 6.30. The maximum Gasteiger partial charge on any atom is 0.433 e. The quantitative estimate of drug-likeness (QED) is 0.366. The molecule has 31 heavy (non-hydrogen) atoms. The Morgan fingerprint density at radius 2 is 1.94 bits per heavy atom. The van der Waals surface area contributed by atoms with Crippen molar-refractivity contribution < 1.29 is 23.1 Å². The molecule has 0 saturated carbocycles. The van der Waals surface area contributed by atoms with E-state index in [0.717, 1.165) is 6.07 Å². The Balaban J connectivity index is 1.89. The first kappa shape index (κ1) is 22.1. The van der Waals surface area contributed by atoms with E-state index in [1.54, 1.807) is 37.3 Å². The van der Waals surface area contributed by atoms with E-state index in [1.807, 2.05) is 0 Å². The molecular weight excluding hydrogens is 433 g/mol. The second kappa shape index (κ2) is 9.05. The van der Waals surface area contributed by atoms with Crippen molar-refractivity contribution >= 4 is 35.2 Å². The fraction of sp³-hybridized carbons (Fsp3) is 0.0952. The lowest BCUT2D eigenvalue weighted by Crippen LogP contribution is -2.21.